The molecule has 7 nitrogen and oxygen atoms in total. The fourth-order valence-corrected chi connectivity index (χ4v) is 4.72. The van der Waals surface area contributed by atoms with Gasteiger partial charge in [0.25, 0.3) is 0 Å². The maximum atomic E-state index is 12.6. The van der Waals surface area contributed by atoms with Crippen LogP contribution in [-0.2, 0) is 20.6 Å². The highest BCUT2D eigenvalue weighted by Crippen LogP contribution is 2.16. The summed E-state index contributed by atoms with van der Waals surface area (Å²) < 4.78 is 26.8. The summed E-state index contributed by atoms with van der Waals surface area (Å²) in [6.45, 7) is 3.53. The van der Waals surface area contributed by atoms with Crippen LogP contribution in [0.4, 0.5) is 5.82 Å². The monoisotopic (exact) mass is 422 g/mol. The zero-order valence-electron chi connectivity index (χ0n) is 15.6. The maximum absolute atomic E-state index is 12.6. The Morgan fingerprint density at radius 3 is 2.43 bits per heavy atom. The molecule has 1 N–H and O–H groups in total. The Hall–Kier alpha value is -2.00. The number of carbonyl (C=O) groups excluding carboxylic acids is 1. The average Bonchev–Trinajstić information content (AvgIpc) is 2.69. The lowest BCUT2D eigenvalue weighted by Gasteiger charge is -2.36. The van der Waals surface area contributed by atoms with E-state index in [1.807, 2.05) is 35.2 Å². The molecule has 1 fully saturated rings. The van der Waals surface area contributed by atoms with Crippen LogP contribution in [0.15, 0.2) is 48.7 Å². The summed E-state index contributed by atoms with van der Waals surface area (Å²) in [5, 5.41) is 3.26. The fourth-order valence-electron chi connectivity index (χ4n) is 3.09. The van der Waals surface area contributed by atoms with Gasteiger partial charge in [0.05, 0.1) is 16.8 Å². The van der Waals surface area contributed by atoms with Gasteiger partial charge in [-0.25, -0.2) is 13.4 Å². The number of anilines is 1. The summed E-state index contributed by atoms with van der Waals surface area (Å²) in [6, 6.07) is 12.1. The molecule has 9 heteroatoms. The van der Waals surface area contributed by atoms with Crippen molar-refractivity contribution in [1.29, 1.82) is 0 Å². The van der Waals surface area contributed by atoms with Crippen molar-refractivity contribution in [1.82, 2.24) is 14.2 Å². The number of sulfonamides is 1. The second-order valence-corrected chi connectivity index (χ2v) is 9.11. The van der Waals surface area contributed by atoms with Gasteiger partial charge in [0.2, 0.25) is 15.9 Å². The highest BCUT2D eigenvalue weighted by atomic mass is 35.5. The molecule has 0 bridgehead atoms. The van der Waals surface area contributed by atoms with Crippen molar-refractivity contribution in [2.24, 2.45) is 0 Å². The first kappa shape index (κ1) is 20.7. The quantitative estimate of drug-likeness (QED) is 0.771. The van der Waals surface area contributed by atoms with Crippen molar-refractivity contribution < 1.29 is 13.2 Å². The number of hydrogen-bond acceptors (Lipinski definition) is 5. The molecule has 1 saturated heterocycles. The molecule has 0 saturated carbocycles. The van der Waals surface area contributed by atoms with Crippen molar-refractivity contribution in [3.63, 3.8) is 0 Å². The van der Waals surface area contributed by atoms with Crippen LogP contribution in [0.5, 0.6) is 0 Å². The number of pyridine rings is 1. The Bertz CT molecular complexity index is 899. The summed E-state index contributed by atoms with van der Waals surface area (Å²) in [7, 11) is -3.37. The number of piperazine rings is 1. The van der Waals surface area contributed by atoms with Gasteiger partial charge in [-0.2, -0.15) is 4.31 Å². The molecular weight excluding hydrogens is 400 g/mol. The lowest BCUT2D eigenvalue weighted by atomic mass is 10.2. The third-order valence-corrected chi connectivity index (χ3v) is 6.84. The highest BCUT2D eigenvalue weighted by molar-refractivity contribution is 7.88. The van der Waals surface area contributed by atoms with E-state index in [-0.39, 0.29) is 11.7 Å². The number of aromatic nitrogens is 1. The predicted molar refractivity (Wildman–Crippen MR) is 110 cm³/mol. The van der Waals surface area contributed by atoms with Crippen molar-refractivity contribution in [2.45, 2.75) is 18.7 Å². The summed E-state index contributed by atoms with van der Waals surface area (Å²) in [4.78, 5) is 18.5. The minimum absolute atomic E-state index is 0.00782. The van der Waals surface area contributed by atoms with Gasteiger partial charge < -0.3 is 5.32 Å². The maximum Gasteiger partial charge on any atom is 0.242 e. The lowest BCUT2D eigenvalue weighted by molar-refractivity contribution is -0.121. The minimum Gasteiger partial charge on any atom is -0.309 e. The van der Waals surface area contributed by atoms with Crippen molar-refractivity contribution in [2.75, 3.05) is 31.5 Å². The zero-order chi connectivity index (χ0) is 20.1. The third kappa shape index (κ3) is 5.29. The molecule has 150 valence electrons. The third-order valence-electron chi connectivity index (χ3n) is 4.76. The molecule has 0 aliphatic carbocycles. The number of halogens is 1. The van der Waals surface area contributed by atoms with Crippen LogP contribution in [0.3, 0.4) is 0 Å². The van der Waals surface area contributed by atoms with Gasteiger partial charge in [-0.05, 0) is 24.6 Å². The molecule has 1 amide bonds. The van der Waals surface area contributed by atoms with Crippen molar-refractivity contribution >= 4 is 33.3 Å². The molecule has 1 aromatic carbocycles. The van der Waals surface area contributed by atoms with E-state index < -0.39 is 16.1 Å². The van der Waals surface area contributed by atoms with Crippen LogP contribution in [-0.4, -0.2) is 60.7 Å². The van der Waals surface area contributed by atoms with Crippen LogP contribution in [0, 0.1) is 0 Å². The van der Waals surface area contributed by atoms with Gasteiger partial charge in [0.1, 0.15) is 5.82 Å². The topological polar surface area (TPSA) is 82.6 Å². The van der Waals surface area contributed by atoms with Crippen LogP contribution in [0.2, 0.25) is 5.02 Å². The number of benzene rings is 1. The smallest absolute Gasteiger partial charge is 0.242 e. The van der Waals surface area contributed by atoms with Gasteiger partial charge in [0, 0.05) is 32.4 Å². The molecule has 2 aromatic rings. The molecular formula is C19H23ClN4O3S. The highest BCUT2D eigenvalue weighted by Gasteiger charge is 2.31. The number of amides is 1. The normalized spacial score (nSPS) is 17.2. The van der Waals surface area contributed by atoms with E-state index in [0.717, 1.165) is 5.56 Å². The first-order valence-electron chi connectivity index (χ1n) is 9.03. The van der Waals surface area contributed by atoms with Crippen LogP contribution >= 0.6 is 11.6 Å². The largest absolute Gasteiger partial charge is 0.309 e. The number of nitrogens with zero attached hydrogens (tertiary/aromatic N) is 3. The molecule has 28 heavy (non-hydrogen) atoms. The molecule has 3 rings (SSSR count). The van der Waals surface area contributed by atoms with Crippen LogP contribution in [0.25, 0.3) is 0 Å². The number of hydrogen-bond donors (Lipinski definition) is 1. The first-order chi connectivity index (χ1) is 13.3. The molecule has 1 aliphatic heterocycles. The molecule has 0 radical (unpaired) electrons. The van der Waals surface area contributed by atoms with Gasteiger partial charge in [-0.15, -0.1) is 0 Å². The fraction of sp³-hybridized carbons (Fsp3) is 0.368. The minimum atomic E-state index is -3.37. The SMILES string of the molecule is CC(C(=O)Nc1ccc(Cl)cn1)N1CCN(S(=O)(=O)Cc2ccccc2)CC1. The summed E-state index contributed by atoms with van der Waals surface area (Å²) >= 11 is 5.80. The summed E-state index contributed by atoms with van der Waals surface area (Å²) in [6.07, 6.45) is 1.47. The van der Waals surface area contributed by atoms with Crippen LogP contribution in [0.1, 0.15) is 12.5 Å². The Kier molecular flexibility index (Phi) is 6.66. The Labute approximate surface area is 170 Å². The number of carbonyl (C=O) groups is 1. The van der Waals surface area contributed by atoms with E-state index in [2.05, 4.69) is 10.3 Å². The Morgan fingerprint density at radius 1 is 1.14 bits per heavy atom. The molecule has 2 heterocycles. The van der Waals surface area contributed by atoms with E-state index in [9.17, 15) is 13.2 Å². The van der Waals surface area contributed by atoms with Crippen molar-refractivity contribution in [3.05, 3.63) is 59.2 Å². The molecule has 1 aliphatic rings. The molecule has 1 aromatic heterocycles. The van der Waals surface area contributed by atoms with E-state index in [4.69, 9.17) is 11.6 Å². The van der Waals surface area contributed by atoms with Gasteiger partial charge >= 0.3 is 0 Å². The van der Waals surface area contributed by atoms with E-state index in [1.165, 1.54) is 10.5 Å². The first-order valence-corrected chi connectivity index (χ1v) is 11.0. The van der Waals surface area contributed by atoms with E-state index in [1.54, 1.807) is 19.1 Å². The molecule has 1 unspecified atom stereocenters. The Morgan fingerprint density at radius 2 is 1.82 bits per heavy atom. The number of rotatable bonds is 6. The average molecular weight is 423 g/mol. The lowest BCUT2D eigenvalue weighted by Crippen LogP contribution is -2.54. The van der Waals surface area contributed by atoms with Gasteiger partial charge in [0.15, 0.2) is 0 Å². The number of nitrogens with one attached hydrogen (secondary N) is 1. The molecule has 1 atom stereocenters. The van der Waals surface area contributed by atoms with Gasteiger partial charge in [-0.3, -0.25) is 9.69 Å². The zero-order valence-corrected chi connectivity index (χ0v) is 17.2. The predicted octanol–water partition coefficient (Wildman–Crippen LogP) is 2.21. The van der Waals surface area contributed by atoms with Crippen LogP contribution < -0.4 is 5.32 Å². The Balaban J connectivity index is 1.53. The summed E-state index contributed by atoms with van der Waals surface area (Å²) in [5.74, 6) is 0.243. The van der Waals surface area contributed by atoms with E-state index >= 15 is 0 Å². The second kappa shape index (κ2) is 9.00. The van der Waals surface area contributed by atoms with Gasteiger partial charge in [-0.1, -0.05) is 41.9 Å². The van der Waals surface area contributed by atoms with E-state index in [0.29, 0.717) is 37.0 Å². The van der Waals surface area contributed by atoms with Crippen molar-refractivity contribution in [3.8, 4) is 0 Å². The molecule has 0 spiro atoms. The second-order valence-electron chi connectivity index (χ2n) is 6.70. The summed E-state index contributed by atoms with van der Waals surface area (Å²) in [5.41, 5.74) is 0.771. The standard InChI is InChI=1S/C19H23ClN4O3S/c1-15(19(25)22-18-8-7-17(20)13-21-18)23-9-11-24(12-10-23)28(26,27)14-16-5-3-2-4-6-16/h2-8,13,15H,9-12,14H2,1H3,(H,21,22,25).